The molecule has 10 heteroatoms. The van der Waals surface area contributed by atoms with Gasteiger partial charge in [0.2, 0.25) is 5.95 Å². The van der Waals surface area contributed by atoms with Crippen molar-refractivity contribution in [1.29, 1.82) is 0 Å². The summed E-state index contributed by atoms with van der Waals surface area (Å²) in [6.45, 7) is 0. The van der Waals surface area contributed by atoms with Crippen LogP contribution in [-0.2, 0) is 11.7 Å². The van der Waals surface area contributed by atoms with Crippen LogP contribution in [0, 0.1) is 5.82 Å². The molecule has 0 unspecified atom stereocenters. The molecule has 3 aromatic rings. The van der Waals surface area contributed by atoms with Crippen LogP contribution >= 0.6 is 0 Å². The molecule has 2 aromatic heterocycles. The Bertz CT molecular complexity index is 950. The third kappa shape index (κ3) is 3.22. The minimum absolute atomic E-state index is 0.150. The number of hydrogen-bond donors (Lipinski definition) is 1. The van der Waals surface area contributed by atoms with Crippen LogP contribution in [0.5, 0.6) is 0 Å². The van der Waals surface area contributed by atoms with E-state index >= 15 is 0 Å². The molecule has 1 aliphatic rings. The van der Waals surface area contributed by atoms with Gasteiger partial charge in [0.25, 0.3) is 5.89 Å². The molecule has 0 atom stereocenters. The van der Waals surface area contributed by atoms with E-state index in [0.29, 0.717) is 5.56 Å². The number of hydrogen-bond acceptors (Lipinski definition) is 6. The van der Waals surface area contributed by atoms with Crippen LogP contribution in [0.2, 0.25) is 0 Å². The first-order chi connectivity index (χ1) is 12.9. The fraction of sp³-hybridized carbons (Fsp3) is 0.294. The minimum atomic E-state index is -4.72. The van der Waals surface area contributed by atoms with Gasteiger partial charge in [-0.3, -0.25) is 0 Å². The zero-order valence-electron chi connectivity index (χ0n) is 13.8. The van der Waals surface area contributed by atoms with Crippen molar-refractivity contribution < 1.29 is 22.0 Å². The summed E-state index contributed by atoms with van der Waals surface area (Å²) in [6, 6.07) is 6.50. The Kier molecular flexibility index (Phi) is 4.05. The lowest BCUT2D eigenvalue weighted by Crippen LogP contribution is -2.43. The van der Waals surface area contributed by atoms with Gasteiger partial charge in [0.05, 0.1) is 11.1 Å². The van der Waals surface area contributed by atoms with Crippen LogP contribution in [0.3, 0.4) is 0 Å². The lowest BCUT2D eigenvalue weighted by molar-refractivity contribution is -0.156. The molecule has 1 fully saturated rings. The quantitative estimate of drug-likeness (QED) is 0.686. The smallest absolute Gasteiger partial charge is 0.413 e. The summed E-state index contributed by atoms with van der Waals surface area (Å²) in [7, 11) is 0. The maximum Gasteiger partial charge on any atom is 0.470 e. The summed E-state index contributed by atoms with van der Waals surface area (Å²) < 4.78 is 56.4. The van der Waals surface area contributed by atoms with E-state index in [-0.39, 0.29) is 23.2 Å². The Morgan fingerprint density at radius 2 is 1.74 bits per heavy atom. The fourth-order valence-corrected chi connectivity index (χ4v) is 3.01. The molecular weight excluding hydrogens is 366 g/mol. The molecule has 0 bridgehead atoms. The summed E-state index contributed by atoms with van der Waals surface area (Å²) in [6.07, 6.45) is 0.203. The highest BCUT2D eigenvalue weighted by Gasteiger charge is 2.41. The van der Waals surface area contributed by atoms with Crippen molar-refractivity contribution in [3.05, 3.63) is 53.9 Å². The predicted octanol–water partition coefficient (Wildman–Crippen LogP) is 4.18. The van der Waals surface area contributed by atoms with Crippen molar-refractivity contribution in [2.45, 2.75) is 31.0 Å². The number of rotatable bonds is 4. The number of anilines is 1. The topological polar surface area (TPSA) is 76.7 Å². The maximum atomic E-state index is 14.2. The Morgan fingerprint density at radius 3 is 2.30 bits per heavy atom. The number of alkyl halides is 3. The number of aromatic nitrogens is 4. The van der Waals surface area contributed by atoms with Gasteiger partial charge < -0.3 is 9.73 Å². The molecule has 27 heavy (non-hydrogen) atoms. The fourth-order valence-electron chi connectivity index (χ4n) is 3.01. The molecular formula is C17H13F4N5O. The molecule has 6 nitrogen and oxygen atoms in total. The number of benzene rings is 1. The standard InChI is InChI=1S/C17H13F4N5O/c18-12-5-2-1-4-11(12)16(6-3-7-16)24-15-22-8-10(9-23-15)13-25-26-14(27-13)17(19,20)21/h1-2,4-5,8-9H,3,6-7H2,(H,22,23,24). The van der Waals surface area contributed by atoms with Crippen LogP contribution in [0.1, 0.15) is 30.7 Å². The van der Waals surface area contributed by atoms with Gasteiger partial charge >= 0.3 is 12.1 Å². The molecule has 140 valence electrons. The maximum absolute atomic E-state index is 14.2. The van der Waals surface area contributed by atoms with E-state index in [0.717, 1.165) is 19.3 Å². The van der Waals surface area contributed by atoms with Gasteiger partial charge in [0.1, 0.15) is 5.82 Å². The Morgan fingerprint density at radius 1 is 1.04 bits per heavy atom. The van der Waals surface area contributed by atoms with Gasteiger partial charge in [-0.25, -0.2) is 14.4 Å². The van der Waals surface area contributed by atoms with Gasteiger partial charge in [-0.05, 0) is 25.3 Å². The molecule has 1 aliphatic carbocycles. The third-order valence-corrected chi connectivity index (χ3v) is 4.51. The highest BCUT2D eigenvalue weighted by atomic mass is 19.4. The lowest BCUT2D eigenvalue weighted by Gasteiger charge is -2.43. The molecule has 4 rings (SSSR count). The van der Waals surface area contributed by atoms with Crippen molar-refractivity contribution in [3.8, 4) is 11.5 Å². The van der Waals surface area contributed by atoms with Gasteiger partial charge in [0.15, 0.2) is 0 Å². The van der Waals surface area contributed by atoms with Crippen LogP contribution < -0.4 is 5.32 Å². The average Bonchev–Trinajstić information content (AvgIpc) is 3.10. The first-order valence-electron chi connectivity index (χ1n) is 8.14. The summed E-state index contributed by atoms with van der Waals surface area (Å²) in [4.78, 5) is 8.19. The van der Waals surface area contributed by atoms with Crippen molar-refractivity contribution >= 4 is 5.95 Å². The SMILES string of the molecule is Fc1ccccc1C1(Nc2ncc(-c3nnc(C(F)(F)F)o3)cn2)CCC1. The van der Waals surface area contributed by atoms with E-state index < -0.39 is 17.6 Å². The summed E-state index contributed by atoms with van der Waals surface area (Å²) in [5.74, 6) is -1.85. The zero-order chi connectivity index (χ0) is 19.1. The molecule has 1 saturated carbocycles. The van der Waals surface area contributed by atoms with E-state index in [4.69, 9.17) is 0 Å². The molecule has 0 saturated heterocycles. The van der Waals surface area contributed by atoms with Gasteiger partial charge in [0, 0.05) is 18.0 Å². The second-order valence-corrected chi connectivity index (χ2v) is 6.25. The van der Waals surface area contributed by atoms with Gasteiger partial charge in [-0.2, -0.15) is 13.2 Å². The highest BCUT2D eigenvalue weighted by molar-refractivity contribution is 5.51. The van der Waals surface area contributed by atoms with E-state index in [9.17, 15) is 17.6 Å². The van der Waals surface area contributed by atoms with Crippen molar-refractivity contribution in [2.24, 2.45) is 0 Å². The van der Waals surface area contributed by atoms with Crippen LogP contribution in [0.4, 0.5) is 23.5 Å². The highest BCUT2D eigenvalue weighted by Crippen LogP contribution is 2.44. The first kappa shape index (κ1) is 17.4. The van der Waals surface area contributed by atoms with Crippen molar-refractivity contribution in [3.63, 3.8) is 0 Å². The summed E-state index contributed by atoms with van der Waals surface area (Å²) >= 11 is 0. The Labute approximate surface area is 150 Å². The second kappa shape index (κ2) is 6.29. The van der Waals surface area contributed by atoms with E-state index in [1.165, 1.54) is 18.5 Å². The monoisotopic (exact) mass is 379 g/mol. The number of halogens is 4. The number of nitrogens with one attached hydrogen (secondary N) is 1. The minimum Gasteiger partial charge on any atom is -0.413 e. The van der Waals surface area contributed by atoms with E-state index in [1.54, 1.807) is 18.2 Å². The predicted molar refractivity (Wildman–Crippen MR) is 85.9 cm³/mol. The zero-order valence-corrected chi connectivity index (χ0v) is 13.8. The van der Waals surface area contributed by atoms with Gasteiger partial charge in [-0.1, -0.05) is 18.2 Å². The molecule has 0 aliphatic heterocycles. The molecule has 1 aromatic carbocycles. The molecule has 2 heterocycles. The van der Waals surface area contributed by atoms with E-state index in [1.807, 2.05) is 0 Å². The largest absolute Gasteiger partial charge is 0.470 e. The van der Waals surface area contributed by atoms with Crippen LogP contribution in [-0.4, -0.2) is 20.2 Å². The van der Waals surface area contributed by atoms with Crippen molar-refractivity contribution in [2.75, 3.05) is 5.32 Å². The average molecular weight is 379 g/mol. The molecule has 0 radical (unpaired) electrons. The second-order valence-electron chi connectivity index (χ2n) is 6.25. The Hall–Kier alpha value is -3.04. The Balaban J connectivity index is 1.56. The summed E-state index contributed by atoms with van der Waals surface area (Å²) in [5.41, 5.74) is 0.0913. The number of nitrogens with zero attached hydrogens (tertiary/aromatic N) is 4. The summed E-state index contributed by atoms with van der Waals surface area (Å²) in [5, 5.41) is 9.47. The van der Waals surface area contributed by atoms with Crippen molar-refractivity contribution in [1.82, 2.24) is 20.2 Å². The first-order valence-corrected chi connectivity index (χ1v) is 8.14. The third-order valence-electron chi connectivity index (χ3n) is 4.51. The van der Waals surface area contributed by atoms with Gasteiger partial charge in [-0.15, -0.1) is 10.2 Å². The van der Waals surface area contributed by atoms with E-state index in [2.05, 4.69) is 29.9 Å². The molecule has 0 spiro atoms. The van der Waals surface area contributed by atoms with Crippen LogP contribution in [0.25, 0.3) is 11.5 Å². The molecule has 0 amide bonds. The molecule has 1 N–H and O–H groups in total. The normalized spacial score (nSPS) is 16.0. The lowest BCUT2D eigenvalue weighted by atomic mass is 9.71. The van der Waals surface area contributed by atoms with Crippen LogP contribution in [0.15, 0.2) is 41.1 Å².